The van der Waals surface area contributed by atoms with Gasteiger partial charge in [0, 0.05) is 15.8 Å². The molecule has 0 bridgehead atoms. The van der Waals surface area contributed by atoms with E-state index in [0.717, 1.165) is 38.6 Å². The lowest BCUT2D eigenvalue weighted by atomic mass is 9.89. The molecule has 0 aliphatic carbocycles. The molecule has 20 heavy (non-hydrogen) atoms. The Kier molecular flexibility index (Phi) is 4.86. The maximum absolute atomic E-state index is 11.9. The Morgan fingerprint density at radius 2 is 2.25 bits per heavy atom. The summed E-state index contributed by atoms with van der Waals surface area (Å²) in [4.78, 5) is 16.8. The zero-order valence-corrected chi connectivity index (χ0v) is 13.5. The molecule has 0 radical (unpaired) electrons. The third-order valence-corrected chi connectivity index (χ3v) is 5.91. The first-order chi connectivity index (χ1) is 9.55. The van der Waals surface area contributed by atoms with E-state index in [1.165, 1.54) is 9.75 Å². The van der Waals surface area contributed by atoms with Crippen LogP contribution in [0.5, 0.6) is 0 Å². The fraction of sp³-hybridized carbons (Fsp3) is 0.688. The summed E-state index contributed by atoms with van der Waals surface area (Å²) in [5.41, 5.74) is -0.648. The summed E-state index contributed by atoms with van der Waals surface area (Å²) in [6.07, 6.45) is 4.49. The van der Waals surface area contributed by atoms with Gasteiger partial charge in [-0.2, -0.15) is 0 Å². The molecule has 1 aromatic heterocycles. The van der Waals surface area contributed by atoms with Crippen LogP contribution in [0.15, 0.2) is 12.1 Å². The molecule has 2 rings (SSSR count). The van der Waals surface area contributed by atoms with E-state index in [9.17, 15) is 9.90 Å². The van der Waals surface area contributed by atoms with Crippen LogP contribution < -0.4 is 0 Å². The predicted molar refractivity (Wildman–Crippen MR) is 83.3 cm³/mol. The van der Waals surface area contributed by atoms with E-state index in [2.05, 4.69) is 37.8 Å². The molecule has 1 aromatic rings. The minimum Gasteiger partial charge on any atom is -0.480 e. The first-order valence-corrected chi connectivity index (χ1v) is 8.45. The number of hydrogen-bond acceptors (Lipinski definition) is 3. The van der Waals surface area contributed by atoms with Gasteiger partial charge in [0.2, 0.25) is 0 Å². The van der Waals surface area contributed by atoms with E-state index in [-0.39, 0.29) is 6.04 Å². The zero-order chi connectivity index (χ0) is 14.8. The minimum atomic E-state index is -0.648. The third-order valence-electron chi connectivity index (χ3n) is 4.51. The van der Waals surface area contributed by atoms with Crippen molar-refractivity contribution in [1.29, 1.82) is 0 Å². The van der Waals surface area contributed by atoms with Crippen molar-refractivity contribution in [1.82, 2.24) is 4.90 Å². The van der Waals surface area contributed by atoms with Crippen molar-refractivity contribution in [2.45, 2.75) is 64.5 Å². The van der Waals surface area contributed by atoms with Gasteiger partial charge in [-0.3, -0.25) is 9.69 Å². The van der Waals surface area contributed by atoms with Crippen LogP contribution in [0.4, 0.5) is 0 Å². The molecule has 2 unspecified atom stereocenters. The van der Waals surface area contributed by atoms with Crippen LogP contribution in [-0.2, 0) is 11.2 Å². The molecule has 0 aromatic carbocycles. The molecule has 1 N–H and O–H groups in total. The molecule has 1 fully saturated rings. The van der Waals surface area contributed by atoms with Crippen molar-refractivity contribution < 1.29 is 9.90 Å². The quantitative estimate of drug-likeness (QED) is 0.859. The van der Waals surface area contributed by atoms with Gasteiger partial charge in [-0.25, -0.2) is 0 Å². The number of aryl methyl sites for hydroxylation is 1. The minimum absolute atomic E-state index is 0.199. The number of likely N-dealkylation sites (tertiary alicyclic amines) is 1. The highest BCUT2D eigenvalue weighted by Crippen LogP contribution is 2.41. The highest BCUT2D eigenvalue weighted by Gasteiger charge is 2.48. The normalized spacial score (nSPS) is 24.9. The molecule has 112 valence electrons. The Labute approximate surface area is 125 Å². The number of rotatable bonds is 6. The second-order valence-electron chi connectivity index (χ2n) is 5.72. The summed E-state index contributed by atoms with van der Waals surface area (Å²) in [5.74, 6) is -0.643. The smallest absolute Gasteiger partial charge is 0.324 e. The maximum atomic E-state index is 11.9. The van der Waals surface area contributed by atoms with Gasteiger partial charge in [-0.05, 0) is 51.3 Å². The van der Waals surface area contributed by atoms with Gasteiger partial charge < -0.3 is 5.11 Å². The molecule has 0 saturated carbocycles. The first-order valence-electron chi connectivity index (χ1n) is 7.64. The second-order valence-corrected chi connectivity index (χ2v) is 6.92. The molecule has 4 heteroatoms. The van der Waals surface area contributed by atoms with Gasteiger partial charge in [-0.15, -0.1) is 11.3 Å². The number of carboxylic acid groups (broad SMARTS) is 1. The monoisotopic (exact) mass is 295 g/mol. The van der Waals surface area contributed by atoms with Crippen LogP contribution in [0.3, 0.4) is 0 Å². The summed E-state index contributed by atoms with van der Waals surface area (Å²) < 4.78 is 0. The van der Waals surface area contributed by atoms with Crippen LogP contribution in [0.2, 0.25) is 0 Å². The molecule has 0 amide bonds. The van der Waals surface area contributed by atoms with Crippen molar-refractivity contribution in [2.75, 3.05) is 6.54 Å². The third kappa shape index (κ3) is 2.63. The number of aliphatic carboxylic acids is 1. The van der Waals surface area contributed by atoms with E-state index in [1.807, 2.05) is 11.3 Å². The predicted octanol–water partition coefficient (Wildman–Crippen LogP) is 4.09. The molecular weight excluding hydrogens is 270 g/mol. The molecule has 3 nitrogen and oxygen atoms in total. The molecule has 2 heterocycles. The summed E-state index contributed by atoms with van der Waals surface area (Å²) >= 11 is 1.82. The van der Waals surface area contributed by atoms with Gasteiger partial charge in [0.1, 0.15) is 5.54 Å². The summed E-state index contributed by atoms with van der Waals surface area (Å²) in [6.45, 7) is 7.29. The topological polar surface area (TPSA) is 40.5 Å². The van der Waals surface area contributed by atoms with Crippen molar-refractivity contribution in [3.8, 4) is 0 Å². The second kappa shape index (κ2) is 6.27. The van der Waals surface area contributed by atoms with Crippen molar-refractivity contribution >= 4 is 17.3 Å². The molecule has 1 aliphatic heterocycles. The fourth-order valence-corrected chi connectivity index (χ4v) is 4.46. The lowest BCUT2D eigenvalue weighted by Crippen LogP contribution is -2.51. The highest BCUT2D eigenvalue weighted by atomic mass is 32.1. The van der Waals surface area contributed by atoms with Gasteiger partial charge in [-0.1, -0.05) is 20.3 Å². The van der Waals surface area contributed by atoms with Crippen molar-refractivity contribution in [3.63, 3.8) is 0 Å². The average molecular weight is 295 g/mol. The standard InChI is InChI=1S/C16H25NO2S/c1-4-9-16(15(18)19)10-6-11-17(16)12(3)14-8-7-13(5-2)20-14/h7-8,12H,4-6,9-11H2,1-3H3,(H,18,19). The van der Waals surface area contributed by atoms with E-state index in [0.29, 0.717) is 0 Å². The molecule has 2 atom stereocenters. The number of nitrogens with zero attached hydrogens (tertiary/aromatic N) is 1. The molecule has 1 saturated heterocycles. The fourth-order valence-electron chi connectivity index (χ4n) is 3.45. The van der Waals surface area contributed by atoms with Gasteiger partial charge in [0.05, 0.1) is 0 Å². The van der Waals surface area contributed by atoms with E-state index in [1.54, 1.807) is 0 Å². The number of carboxylic acids is 1. The maximum Gasteiger partial charge on any atom is 0.324 e. The number of thiophene rings is 1. The SMILES string of the molecule is CCCC1(C(=O)O)CCCN1C(C)c1ccc(CC)s1. The van der Waals surface area contributed by atoms with Crippen LogP contribution in [0, 0.1) is 0 Å². The Morgan fingerprint density at radius 1 is 1.50 bits per heavy atom. The number of carbonyl (C=O) groups is 1. The Bertz CT molecular complexity index is 471. The van der Waals surface area contributed by atoms with Gasteiger partial charge in [0.15, 0.2) is 0 Å². The van der Waals surface area contributed by atoms with E-state index >= 15 is 0 Å². The summed E-state index contributed by atoms with van der Waals surface area (Å²) in [5, 5.41) is 9.77. The largest absolute Gasteiger partial charge is 0.480 e. The van der Waals surface area contributed by atoms with E-state index in [4.69, 9.17) is 0 Å². The van der Waals surface area contributed by atoms with Crippen LogP contribution in [-0.4, -0.2) is 28.1 Å². The Balaban J connectivity index is 2.26. The Hall–Kier alpha value is -0.870. The number of hydrogen-bond donors (Lipinski definition) is 1. The van der Waals surface area contributed by atoms with E-state index < -0.39 is 11.5 Å². The van der Waals surface area contributed by atoms with Crippen LogP contribution >= 0.6 is 11.3 Å². The van der Waals surface area contributed by atoms with Gasteiger partial charge in [0.25, 0.3) is 0 Å². The summed E-state index contributed by atoms with van der Waals surface area (Å²) in [6, 6.07) is 4.55. The van der Waals surface area contributed by atoms with Crippen LogP contribution in [0.1, 0.15) is 62.3 Å². The van der Waals surface area contributed by atoms with Crippen molar-refractivity contribution in [2.24, 2.45) is 0 Å². The molecular formula is C16H25NO2S. The first kappa shape index (κ1) is 15.5. The lowest BCUT2D eigenvalue weighted by Gasteiger charge is -2.38. The Morgan fingerprint density at radius 3 is 2.80 bits per heavy atom. The lowest BCUT2D eigenvalue weighted by molar-refractivity contribution is -0.151. The van der Waals surface area contributed by atoms with Crippen molar-refractivity contribution in [3.05, 3.63) is 21.9 Å². The zero-order valence-electron chi connectivity index (χ0n) is 12.7. The molecule has 0 spiro atoms. The highest BCUT2D eigenvalue weighted by molar-refractivity contribution is 7.12. The molecule has 1 aliphatic rings. The average Bonchev–Trinajstić information content (AvgIpc) is 3.05. The summed E-state index contributed by atoms with van der Waals surface area (Å²) in [7, 11) is 0. The van der Waals surface area contributed by atoms with Gasteiger partial charge >= 0.3 is 5.97 Å². The van der Waals surface area contributed by atoms with Crippen LogP contribution in [0.25, 0.3) is 0 Å².